The maximum Gasteiger partial charge on any atom is 0.225 e. The lowest BCUT2D eigenvalue weighted by Crippen LogP contribution is -2.22. The van der Waals surface area contributed by atoms with Crippen LogP contribution in [0.5, 0.6) is 11.5 Å². The van der Waals surface area contributed by atoms with Crippen LogP contribution in [0.1, 0.15) is 42.5 Å². The largest absolute Gasteiger partial charge is 0.493 e. The van der Waals surface area contributed by atoms with Gasteiger partial charge in [0.1, 0.15) is 0 Å². The van der Waals surface area contributed by atoms with Crippen LogP contribution in [0, 0.1) is 0 Å². The lowest BCUT2D eigenvalue weighted by molar-refractivity contribution is -0.116. The van der Waals surface area contributed by atoms with Crippen LogP contribution in [0.3, 0.4) is 0 Å². The Morgan fingerprint density at radius 1 is 1.17 bits per heavy atom. The predicted octanol–water partition coefficient (Wildman–Crippen LogP) is 6.73. The van der Waals surface area contributed by atoms with Gasteiger partial charge in [-0.1, -0.05) is 43.1 Å². The molecule has 30 heavy (non-hydrogen) atoms. The molecule has 6 heteroatoms. The second-order valence-electron chi connectivity index (χ2n) is 7.31. The lowest BCUT2D eigenvalue weighted by Gasteiger charge is -2.24. The Morgan fingerprint density at radius 2 is 1.97 bits per heavy atom. The van der Waals surface area contributed by atoms with Crippen molar-refractivity contribution in [3.63, 3.8) is 0 Å². The highest BCUT2D eigenvalue weighted by Crippen LogP contribution is 2.47. The van der Waals surface area contributed by atoms with E-state index in [-0.39, 0.29) is 11.8 Å². The van der Waals surface area contributed by atoms with Gasteiger partial charge < -0.3 is 14.8 Å². The van der Waals surface area contributed by atoms with Gasteiger partial charge in [0.2, 0.25) is 5.91 Å². The number of unbranched alkanes of at least 4 members (excludes halogenated alkanes) is 1. The molecule has 1 aliphatic heterocycles. The molecule has 1 aromatic heterocycles. The molecular formula is C24H24ClNO3S. The maximum absolute atomic E-state index is 12.6. The van der Waals surface area contributed by atoms with E-state index in [1.165, 1.54) is 0 Å². The number of hydrogen-bond donors (Lipinski definition) is 1. The minimum atomic E-state index is -0.0154. The minimum Gasteiger partial charge on any atom is -0.493 e. The first kappa shape index (κ1) is 20.8. The van der Waals surface area contributed by atoms with Gasteiger partial charge in [-0.25, -0.2) is 0 Å². The van der Waals surface area contributed by atoms with Crippen LogP contribution >= 0.6 is 22.9 Å². The van der Waals surface area contributed by atoms with Crippen molar-refractivity contribution in [2.24, 2.45) is 0 Å². The second-order valence-corrected chi connectivity index (χ2v) is 8.66. The molecule has 0 bridgehead atoms. The molecule has 1 atom stereocenters. The van der Waals surface area contributed by atoms with Crippen LogP contribution in [-0.4, -0.2) is 19.6 Å². The van der Waals surface area contributed by atoms with Gasteiger partial charge in [0.05, 0.1) is 19.4 Å². The first-order valence-electron chi connectivity index (χ1n) is 10.1. The second kappa shape index (κ2) is 9.11. The summed E-state index contributed by atoms with van der Waals surface area (Å²) in [6, 6.07) is 13.7. The molecule has 1 aliphatic rings. The van der Waals surface area contributed by atoms with Gasteiger partial charge in [0.15, 0.2) is 11.5 Å². The summed E-state index contributed by atoms with van der Waals surface area (Å²) in [7, 11) is 1.65. The van der Waals surface area contributed by atoms with Gasteiger partial charge in [-0.3, -0.25) is 4.79 Å². The molecule has 4 rings (SSSR count). The minimum absolute atomic E-state index is 0.0154. The highest BCUT2D eigenvalue weighted by Gasteiger charge is 2.31. The van der Waals surface area contributed by atoms with E-state index in [0.29, 0.717) is 23.8 Å². The van der Waals surface area contributed by atoms with E-state index in [9.17, 15) is 4.79 Å². The monoisotopic (exact) mass is 441 g/mol. The maximum atomic E-state index is 12.6. The fourth-order valence-electron chi connectivity index (χ4n) is 3.68. The number of amides is 1. The number of thiophene rings is 1. The first-order chi connectivity index (χ1) is 14.6. The van der Waals surface area contributed by atoms with Gasteiger partial charge in [-0.15, -0.1) is 11.3 Å². The molecule has 1 amide bonds. The van der Waals surface area contributed by atoms with Crippen molar-refractivity contribution in [1.82, 2.24) is 0 Å². The molecule has 2 aromatic carbocycles. The van der Waals surface area contributed by atoms with Crippen LogP contribution in [0.25, 0.3) is 11.1 Å². The third-order valence-corrected chi connectivity index (χ3v) is 6.64. The van der Waals surface area contributed by atoms with Crippen molar-refractivity contribution in [1.29, 1.82) is 0 Å². The van der Waals surface area contributed by atoms with Crippen molar-refractivity contribution in [3.05, 3.63) is 63.3 Å². The number of fused-ring (bicyclic) bond motifs is 1. The number of hydrogen-bond acceptors (Lipinski definition) is 4. The van der Waals surface area contributed by atoms with Crippen molar-refractivity contribution in [3.8, 4) is 22.6 Å². The van der Waals surface area contributed by atoms with E-state index in [4.69, 9.17) is 21.1 Å². The smallest absolute Gasteiger partial charge is 0.225 e. The number of nitrogens with one attached hydrogen (secondary N) is 1. The summed E-state index contributed by atoms with van der Waals surface area (Å²) in [5.41, 5.74) is 4.01. The lowest BCUT2D eigenvalue weighted by atomic mass is 9.89. The van der Waals surface area contributed by atoms with E-state index >= 15 is 0 Å². The van der Waals surface area contributed by atoms with Crippen LogP contribution in [0.2, 0.25) is 5.02 Å². The number of anilines is 1. The van der Waals surface area contributed by atoms with Crippen molar-refractivity contribution < 1.29 is 14.3 Å². The van der Waals surface area contributed by atoms with E-state index in [2.05, 4.69) is 17.6 Å². The number of ether oxygens (including phenoxy) is 2. The van der Waals surface area contributed by atoms with Gasteiger partial charge >= 0.3 is 0 Å². The van der Waals surface area contributed by atoms with Gasteiger partial charge in [-0.05, 0) is 41.8 Å². The zero-order valence-corrected chi connectivity index (χ0v) is 18.6. The number of methoxy groups -OCH3 is 1. The number of carbonyl (C=O) groups is 1. The molecule has 3 aromatic rings. The van der Waals surface area contributed by atoms with Gasteiger partial charge in [0.25, 0.3) is 0 Å². The molecule has 4 nitrogen and oxygen atoms in total. The van der Waals surface area contributed by atoms with Gasteiger partial charge in [-0.2, -0.15) is 0 Å². The average molecular weight is 442 g/mol. The fraction of sp³-hybridized carbons (Fsp3) is 0.292. The first-order valence-corrected chi connectivity index (χ1v) is 11.3. The van der Waals surface area contributed by atoms with E-state index in [0.717, 1.165) is 45.8 Å². The highest BCUT2D eigenvalue weighted by atomic mass is 35.5. The molecule has 0 fully saturated rings. The SMILES string of the molecule is CCCCOc1ccc([C@H]2CC(=O)Nc3c(-c4ccc(Cl)cc4)csc32)cc1OC. The third-order valence-electron chi connectivity index (χ3n) is 5.29. The van der Waals surface area contributed by atoms with E-state index in [1.54, 1.807) is 18.4 Å². The van der Waals surface area contributed by atoms with Crippen LogP contribution < -0.4 is 14.8 Å². The molecule has 0 spiro atoms. The Morgan fingerprint density at radius 3 is 2.70 bits per heavy atom. The molecule has 0 aliphatic carbocycles. The summed E-state index contributed by atoms with van der Waals surface area (Å²) in [4.78, 5) is 13.7. The summed E-state index contributed by atoms with van der Waals surface area (Å²) in [5.74, 6) is 1.44. The van der Waals surface area contributed by atoms with Crippen LogP contribution in [0.15, 0.2) is 47.8 Å². The van der Waals surface area contributed by atoms with Crippen molar-refractivity contribution >= 4 is 34.5 Å². The summed E-state index contributed by atoms with van der Waals surface area (Å²) < 4.78 is 11.4. The molecule has 1 N–H and O–H groups in total. The van der Waals surface area contributed by atoms with Crippen molar-refractivity contribution in [2.75, 3.05) is 19.0 Å². The number of halogens is 1. The fourth-order valence-corrected chi connectivity index (χ4v) is 4.97. The summed E-state index contributed by atoms with van der Waals surface area (Å²) >= 11 is 7.71. The molecule has 0 radical (unpaired) electrons. The standard InChI is InChI=1S/C24H24ClNO3S/c1-3-4-11-29-20-10-7-16(12-21(20)28-2)18-13-22(27)26-23-19(14-30-24(18)23)15-5-8-17(25)9-6-15/h5-10,12,14,18H,3-4,11,13H2,1-2H3,(H,26,27)/t18-/m1/s1. The highest BCUT2D eigenvalue weighted by molar-refractivity contribution is 7.11. The zero-order valence-electron chi connectivity index (χ0n) is 17.0. The number of rotatable bonds is 7. The third kappa shape index (κ3) is 4.18. The molecule has 0 unspecified atom stereocenters. The molecule has 156 valence electrons. The quantitative estimate of drug-likeness (QED) is 0.413. The molecule has 0 saturated carbocycles. The van der Waals surface area contributed by atoms with Crippen molar-refractivity contribution in [2.45, 2.75) is 32.1 Å². The van der Waals surface area contributed by atoms with Gasteiger partial charge in [0, 0.05) is 33.2 Å². The summed E-state index contributed by atoms with van der Waals surface area (Å²) in [6.07, 6.45) is 2.49. The van der Waals surface area contributed by atoms with E-state index < -0.39 is 0 Å². The summed E-state index contributed by atoms with van der Waals surface area (Å²) in [6.45, 7) is 2.80. The Labute approximate surface area is 185 Å². The normalized spacial score (nSPS) is 15.4. The molecule has 0 saturated heterocycles. The number of benzene rings is 2. The molecule has 2 heterocycles. The Kier molecular flexibility index (Phi) is 6.30. The van der Waals surface area contributed by atoms with Crippen LogP contribution in [-0.2, 0) is 4.79 Å². The average Bonchev–Trinajstić information content (AvgIpc) is 3.17. The Bertz CT molecular complexity index is 1050. The zero-order chi connectivity index (χ0) is 21.1. The number of carbonyl (C=O) groups excluding carboxylic acids is 1. The Balaban J connectivity index is 1.68. The molecular weight excluding hydrogens is 418 g/mol. The topological polar surface area (TPSA) is 47.6 Å². The Hall–Kier alpha value is -2.50. The predicted molar refractivity (Wildman–Crippen MR) is 123 cm³/mol. The summed E-state index contributed by atoms with van der Waals surface area (Å²) in [5, 5.41) is 5.87. The van der Waals surface area contributed by atoms with Crippen LogP contribution in [0.4, 0.5) is 5.69 Å². The van der Waals surface area contributed by atoms with E-state index in [1.807, 2.05) is 42.5 Å².